The first-order valence-corrected chi connectivity index (χ1v) is 8.74. The largest absolute Gasteiger partial charge is 0.352 e. The molecule has 1 unspecified atom stereocenters. The van der Waals surface area contributed by atoms with Crippen molar-refractivity contribution in [3.05, 3.63) is 46.2 Å². The molecule has 0 saturated carbocycles. The first-order chi connectivity index (χ1) is 11.1. The van der Waals surface area contributed by atoms with Crippen LogP contribution in [0.3, 0.4) is 0 Å². The van der Waals surface area contributed by atoms with E-state index in [1.807, 2.05) is 31.2 Å². The predicted molar refractivity (Wildman–Crippen MR) is 93.9 cm³/mol. The number of nitrogens with one attached hydrogen (secondary N) is 2. The van der Waals surface area contributed by atoms with Gasteiger partial charge < -0.3 is 10.6 Å². The van der Waals surface area contributed by atoms with Crippen LogP contribution in [0.5, 0.6) is 0 Å². The monoisotopic (exact) mass is 376 g/mol. The lowest BCUT2D eigenvalue weighted by Gasteiger charge is -2.22. The zero-order valence-corrected chi connectivity index (χ0v) is 14.8. The number of aromatic nitrogens is 2. The molecule has 6 heteroatoms. The molecule has 0 bridgehead atoms. The Morgan fingerprint density at radius 2 is 2.39 bits per heavy atom. The zero-order chi connectivity index (χ0) is 16.2. The highest BCUT2D eigenvalue weighted by atomic mass is 79.9. The van der Waals surface area contributed by atoms with Gasteiger partial charge in [-0.2, -0.15) is 5.10 Å². The third-order valence-corrected chi connectivity index (χ3v) is 4.75. The van der Waals surface area contributed by atoms with Crippen molar-refractivity contribution < 1.29 is 4.79 Å². The number of hydrogen-bond acceptors (Lipinski definition) is 3. The predicted octanol–water partition coefficient (Wildman–Crippen LogP) is 2.67. The van der Waals surface area contributed by atoms with Gasteiger partial charge in [0.25, 0.3) is 5.91 Å². The van der Waals surface area contributed by atoms with E-state index in [-0.39, 0.29) is 5.91 Å². The summed E-state index contributed by atoms with van der Waals surface area (Å²) < 4.78 is 2.78. The number of rotatable bonds is 4. The molecule has 5 nitrogen and oxygen atoms in total. The molecule has 0 spiro atoms. The SMILES string of the molecule is Cc1c(C(=O)NCC2CCCNC2)cnn1-c1cccc(Br)c1. The van der Waals surface area contributed by atoms with Gasteiger partial charge in [-0.25, -0.2) is 4.68 Å². The summed E-state index contributed by atoms with van der Waals surface area (Å²) in [6.45, 7) is 4.71. The molecule has 1 aromatic carbocycles. The number of carbonyl (C=O) groups excluding carboxylic acids is 1. The molecule has 1 atom stereocenters. The summed E-state index contributed by atoms with van der Waals surface area (Å²) in [6, 6.07) is 7.88. The standard InChI is InChI=1S/C17H21BrN4O/c1-12-16(17(23)20-10-13-4-3-7-19-9-13)11-21-22(12)15-6-2-5-14(18)8-15/h2,5-6,8,11,13,19H,3-4,7,9-10H2,1H3,(H,20,23). The molecule has 3 rings (SSSR count). The maximum absolute atomic E-state index is 12.4. The molecule has 1 saturated heterocycles. The van der Waals surface area contributed by atoms with Crippen LogP contribution in [-0.2, 0) is 0 Å². The summed E-state index contributed by atoms with van der Waals surface area (Å²) >= 11 is 3.46. The van der Waals surface area contributed by atoms with E-state index in [1.54, 1.807) is 10.9 Å². The molecule has 23 heavy (non-hydrogen) atoms. The fourth-order valence-corrected chi connectivity index (χ4v) is 3.32. The summed E-state index contributed by atoms with van der Waals surface area (Å²) in [5, 5.41) is 10.8. The van der Waals surface area contributed by atoms with Gasteiger partial charge in [-0.3, -0.25) is 4.79 Å². The Labute approximate surface area is 144 Å². The lowest BCUT2D eigenvalue weighted by atomic mass is 10.00. The van der Waals surface area contributed by atoms with E-state index in [4.69, 9.17) is 0 Å². The van der Waals surface area contributed by atoms with Gasteiger partial charge in [-0.05, 0) is 57.0 Å². The lowest BCUT2D eigenvalue weighted by molar-refractivity contribution is 0.0944. The van der Waals surface area contributed by atoms with Crippen LogP contribution in [0, 0.1) is 12.8 Å². The zero-order valence-electron chi connectivity index (χ0n) is 13.2. The normalized spacial score (nSPS) is 17.9. The molecule has 1 fully saturated rings. The van der Waals surface area contributed by atoms with Crippen molar-refractivity contribution in [3.8, 4) is 5.69 Å². The Kier molecular flexibility index (Phi) is 5.13. The number of nitrogens with zero attached hydrogens (tertiary/aromatic N) is 2. The molecule has 0 aliphatic carbocycles. The summed E-state index contributed by atoms with van der Waals surface area (Å²) in [5.41, 5.74) is 2.42. The van der Waals surface area contributed by atoms with Gasteiger partial charge >= 0.3 is 0 Å². The second-order valence-corrected chi connectivity index (χ2v) is 6.87. The van der Waals surface area contributed by atoms with Crippen LogP contribution in [0.1, 0.15) is 28.9 Å². The first kappa shape index (κ1) is 16.2. The molecule has 1 amide bonds. The Hall–Kier alpha value is -1.66. The van der Waals surface area contributed by atoms with E-state index in [0.717, 1.165) is 28.9 Å². The van der Waals surface area contributed by atoms with Gasteiger partial charge in [-0.1, -0.05) is 22.0 Å². The minimum Gasteiger partial charge on any atom is -0.352 e. The molecule has 2 N–H and O–H groups in total. The van der Waals surface area contributed by atoms with E-state index in [9.17, 15) is 4.79 Å². The maximum Gasteiger partial charge on any atom is 0.254 e. The third kappa shape index (κ3) is 3.82. The highest BCUT2D eigenvalue weighted by Crippen LogP contribution is 2.18. The fourth-order valence-electron chi connectivity index (χ4n) is 2.93. The molecular weight excluding hydrogens is 356 g/mol. The fraction of sp³-hybridized carbons (Fsp3) is 0.412. The Balaban J connectivity index is 1.69. The lowest BCUT2D eigenvalue weighted by Crippen LogP contribution is -2.38. The number of halogens is 1. The highest BCUT2D eigenvalue weighted by Gasteiger charge is 2.18. The number of carbonyl (C=O) groups is 1. The van der Waals surface area contributed by atoms with Crippen LogP contribution >= 0.6 is 15.9 Å². The van der Waals surface area contributed by atoms with Gasteiger partial charge in [0.2, 0.25) is 0 Å². The molecule has 122 valence electrons. The second kappa shape index (κ2) is 7.27. The summed E-state index contributed by atoms with van der Waals surface area (Å²) in [7, 11) is 0. The number of amides is 1. The van der Waals surface area contributed by atoms with E-state index < -0.39 is 0 Å². The molecular formula is C17H21BrN4O. The van der Waals surface area contributed by atoms with E-state index in [0.29, 0.717) is 18.0 Å². The average Bonchev–Trinajstić information content (AvgIpc) is 2.95. The van der Waals surface area contributed by atoms with E-state index in [2.05, 4.69) is 31.7 Å². The summed E-state index contributed by atoms with van der Waals surface area (Å²) in [5.74, 6) is 0.474. The van der Waals surface area contributed by atoms with Crippen LogP contribution in [0.2, 0.25) is 0 Å². The molecule has 1 aliphatic heterocycles. The van der Waals surface area contributed by atoms with Gasteiger partial charge in [0.15, 0.2) is 0 Å². The highest BCUT2D eigenvalue weighted by molar-refractivity contribution is 9.10. The molecule has 1 aromatic heterocycles. The first-order valence-electron chi connectivity index (χ1n) is 7.94. The topological polar surface area (TPSA) is 59.0 Å². The Morgan fingerprint density at radius 1 is 1.52 bits per heavy atom. The van der Waals surface area contributed by atoms with Gasteiger partial charge in [-0.15, -0.1) is 0 Å². The smallest absolute Gasteiger partial charge is 0.254 e. The minimum absolute atomic E-state index is 0.0469. The number of benzene rings is 1. The molecule has 2 heterocycles. The number of hydrogen-bond donors (Lipinski definition) is 2. The van der Waals surface area contributed by atoms with Crippen molar-refractivity contribution >= 4 is 21.8 Å². The van der Waals surface area contributed by atoms with E-state index >= 15 is 0 Å². The van der Waals surface area contributed by atoms with Crippen molar-refractivity contribution in [2.24, 2.45) is 5.92 Å². The van der Waals surface area contributed by atoms with Gasteiger partial charge in [0.05, 0.1) is 23.1 Å². The average molecular weight is 377 g/mol. The molecule has 0 radical (unpaired) electrons. The van der Waals surface area contributed by atoms with Crippen molar-refractivity contribution in [2.45, 2.75) is 19.8 Å². The van der Waals surface area contributed by atoms with E-state index in [1.165, 1.54) is 12.8 Å². The maximum atomic E-state index is 12.4. The van der Waals surface area contributed by atoms with Crippen LogP contribution in [0.25, 0.3) is 5.69 Å². The Morgan fingerprint density at radius 3 is 3.13 bits per heavy atom. The molecule has 1 aliphatic rings. The summed E-state index contributed by atoms with van der Waals surface area (Å²) in [4.78, 5) is 12.4. The van der Waals surface area contributed by atoms with Crippen LogP contribution in [-0.4, -0.2) is 35.3 Å². The van der Waals surface area contributed by atoms with Crippen LogP contribution in [0.4, 0.5) is 0 Å². The molecule has 2 aromatic rings. The van der Waals surface area contributed by atoms with Crippen molar-refractivity contribution in [1.82, 2.24) is 20.4 Å². The van der Waals surface area contributed by atoms with Crippen molar-refractivity contribution in [1.29, 1.82) is 0 Å². The Bertz CT molecular complexity index is 692. The van der Waals surface area contributed by atoms with Crippen LogP contribution in [0.15, 0.2) is 34.9 Å². The van der Waals surface area contributed by atoms with Crippen molar-refractivity contribution in [2.75, 3.05) is 19.6 Å². The quantitative estimate of drug-likeness (QED) is 0.862. The van der Waals surface area contributed by atoms with Gasteiger partial charge in [0, 0.05) is 11.0 Å². The van der Waals surface area contributed by atoms with Gasteiger partial charge in [0.1, 0.15) is 0 Å². The summed E-state index contributed by atoms with van der Waals surface area (Å²) in [6.07, 6.45) is 3.99. The second-order valence-electron chi connectivity index (χ2n) is 5.96. The van der Waals surface area contributed by atoms with Crippen LogP contribution < -0.4 is 10.6 Å². The third-order valence-electron chi connectivity index (χ3n) is 4.26. The van der Waals surface area contributed by atoms with Crippen molar-refractivity contribution in [3.63, 3.8) is 0 Å². The minimum atomic E-state index is -0.0469. The number of piperidine rings is 1.